The highest BCUT2D eigenvalue weighted by atomic mass is 16.5. The maximum atomic E-state index is 10.7. The van der Waals surface area contributed by atoms with Gasteiger partial charge in [-0.25, -0.2) is 0 Å². The highest BCUT2D eigenvalue weighted by molar-refractivity contribution is 5.65. The van der Waals surface area contributed by atoms with Crippen LogP contribution in [-0.4, -0.2) is 32.0 Å². The third-order valence-corrected chi connectivity index (χ3v) is 6.12. The van der Waals surface area contributed by atoms with Crippen molar-refractivity contribution in [2.24, 2.45) is 5.92 Å². The quantitative estimate of drug-likeness (QED) is 0.108. The van der Waals surface area contributed by atoms with Gasteiger partial charge in [-0.2, -0.15) is 0 Å². The van der Waals surface area contributed by atoms with Crippen LogP contribution in [0.25, 0.3) is 0 Å². The van der Waals surface area contributed by atoms with Gasteiger partial charge in [-0.3, -0.25) is 10.1 Å². The molecule has 1 aliphatic carbocycles. The predicted molar refractivity (Wildman–Crippen MR) is 131 cm³/mol. The molecule has 0 saturated carbocycles. The lowest BCUT2D eigenvalue weighted by Gasteiger charge is -2.23. The van der Waals surface area contributed by atoms with Crippen molar-refractivity contribution in [2.75, 3.05) is 19.9 Å². The van der Waals surface area contributed by atoms with E-state index in [1.807, 2.05) is 0 Å². The number of nitrogens with one attached hydrogen (secondary N) is 1. The molecule has 4 heteroatoms. The summed E-state index contributed by atoms with van der Waals surface area (Å²) in [5, 5.41) is 3.55. The summed E-state index contributed by atoms with van der Waals surface area (Å²) in [6.07, 6.45) is 20.7. The van der Waals surface area contributed by atoms with Crippen LogP contribution in [0.15, 0.2) is 23.3 Å². The molecule has 0 aromatic rings. The molecule has 0 bridgehead atoms. The molecule has 0 amide bonds. The predicted octanol–water partition coefficient (Wildman–Crippen LogP) is 7.10. The number of carbonyl (C=O) groups excluding carboxylic acids is 1. The van der Waals surface area contributed by atoms with Crippen molar-refractivity contribution in [3.8, 4) is 0 Å². The van der Waals surface area contributed by atoms with Gasteiger partial charge in [0.05, 0.1) is 13.3 Å². The minimum atomic E-state index is -0.185. The Kier molecular flexibility index (Phi) is 16.6. The molecule has 1 aliphatic rings. The fourth-order valence-corrected chi connectivity index (χ4v) is 4.10. The summed E-state index contributed by atoms with van der Waals surface area (Å²) in [6, 6.07) is 0.571. The molecule has 0 spiro atoms. The lowest BCUT2D eigenvalue weighted by molar-refractivity contribution is -0.141. The Balaban J connectivity index is 1.94. The summed E-state index contributed by atoms with van der Waals surface area (Å²) < 4.78 is 10.7. The summed E-state index contributed by atoms with van der Waals surface area (Å²) >= 11 is 0. The van der Waals surface area contributed by atoms with E-state index in [1.165, 1.54) is 63.9 Å². The van der Waals surface area contributed by atoms with Gasteiger partial charge in [-0.15, -0.1) is 0 Å². The molecular weight excluding hydrogens is 386 g/mol. The van der Waals surface area contributed by atoms with E-state index in [4.69, 9.17) is 9.47 Å². The second kappa shape index (κ2) is 18.4. The molecule has 1 N–H and O–H groups in total. The van der Waals surface area contributed by atoms with Crippen LogP contribution in [-0.2, 0) is 14.3 Å². The van der Waals surface area contributed by atoms with Crippen LogP contribution >= 0.6 is 0 Å². The van der Waals surface area contributed by atoms with E-state index >= 15 is 0 Å². The van der Waals surface area contributed by atoms with Crippen molar-refractivity contribution >= 4 is 5.97 Å². The summed E-state index contributed by atoms with van der Waals surface area (Å²) in [7, 11) is 0. The Labute approximate surface area is 192 Å². The van der Waals surface area contributed by atoms with Gasteiger partial charge in [0, 0.05) is 19.6 Å². The molecule has 0 aromatic heterocycles. The van der Waals surface area contributed by atoms with Crippen molar-refractivity contribution in [1.29, 1.82) is 0 Å². The minimum absolute atomic E-state index is 0.185. The van der Waals surface area contributed by atoms with Crippen LogP contribution < -0.4 is 5.32 Å². The van der Waals surface area contributed by atoms with Crippen LogP contribution in [0.3, 0.4) is 0 Å². The number of esters is 1. The number of hydrogen-bond donors (Lipinski definition) is 1. The number of allylic oxidation sites excluding steroid dienone is 3. The molecule has 0 heterocycles. The largest absolute Gasteiger partial charge is 0.466 e. The first-order chi connectivity index (χ1) is 15.0. The zero-order chi connectivity index (χ0) is 22.7. The first-order valence-corrected chi connectivity index (χ1v) is 12.7. The van der Waals surface area contributed by atoms with Crippen molar-refractivity contribution in [1.82, 2.24) is 5.32 Å². The Bertz CT molecular complexity index is 523. The Morgan fingerprint density at radius 2 is 1.84 bits per heavy atom. The molecule has 31 heavy (non-hydrogen) atoms. The molecule has 2 unspecified atom stereocenters. The normalized spacial score (nSPS) is 17.2. The Morgan fingerprint density at radius 3 is 2.52 bits per heavy atom. The van der Waals surface area contributed by atoms with E-state index in [2.05, 4.69) is 38.2 Å². The van der Waals surface area contributed by atoms with Gasteiger partial charge < -0.3 is 9.47 Å². The molecule has 0 radical (unpaired) electrons. The summed E-state index contributed by atoms with van der Waals surface area (Å²) in [5.74, 6) is 0.671. The fourth-order valence-electron chi connectivity index (χ4n) is 4.10. The number of rotatable bonds is 18. The maximum Gasteiger partial charge on any atom is 0.302 e. The van der Waals surface area contributed by atoms with Crippen molar-refractivity contribution in [3.63, 3.8) is 0 Å². The highest BCUT2D eigenvalue weighted by Crippen LogP contribution is 2.24. The van der Waals surface area contributed by atoms with Crippen LogP contribution in [0.5, 0.6) is 0 Å². The van der Waals surface area contributed by atoms with Gasteiger partial charge >= 0.3 is 5.97 Å². The molecule has 1 rings (SSSR count). The van der Waals surface area contributed by atoms with Crippen LogP contribution in [0, 0.1) is 5.92 Å². The average molecular weight is 436 g/mol. The molecule has 4 nitrogen and oxygen atoms in total. The zero-order valence-electron chi connectivity index (χ0n) is 20.8. The number of carbonyl (C=O) groups is 1. The van der Waals surface area contributed by atoms with Crippen molar-refractivity contribution < 1.29 is 14.3 Å². The average Bonchev–Trinajstić information content (AvgIpc) is 2.73. The molecular formula is C27H49NO3. The second-order valence-corrected chi connectivity index (χ2v) is 9.55. The summed E-state index contributed by atoms with van der Waals surface area (Å²) in [6.45, 7) is 10.3. The lowest BCUT2D eigenvalue weighted by atomic mass is 9.90. The first kappa shape index (κ1) is 27.9. The van der Waals surface area contributed by atoms with E-state index in [-0.39, 0.29) is 5.97 Å². The zero-order valence-corrected chi connectivity index (χ0v) is 20.8. The third-order valence-electron chi connectivity index (χ3n) is 6.12. The molecule has 0 saturated heterocycles. The van der Waals surface area contributed by atoms with Gasteiger partial charge in [0.15, 0.2) is 0 Å². The molecule has 180 valence electrons. The third kappa shape index (κ3) is 17.1. The van der Waals surface area contributed by atoms with Crippen LogP contribution in [0.2, 0.25) is 0 Å². The smallest absolute Gasteiger partial charge is 0.302 e. The minimum Gasteiger partial charge on any atom is -0.466 e. The van der Waals surface area contributed by atoms with E-state index in [0.717, 1.165) is 44.6 Å². The highest BCUT2D eigenvalue weighted by Gasteiger charge is 2.14. The summed E-state index contributed by atoms with van der Waals surface area (Å²) in [4.78, 5) is 10.7. The first-order valence-electron chi connectivity index (χ1n) is 12.7. The Hall–Kier alpha value is -1.13. The molecule has 0 aromatic carbocycles. The van der Waals surface area contributed by atoms with Gasteiger partial charge in [0.25, 0.3) is 0 Å². The van der Waals surface area contributed by atoms with Gasteiger partial charge in [-0.05, 0) is 84.0 Å². The van der Waals surface area contributed by atoms with Crippen LogP contribution in [0.4, 0.5) is 0 Å². The van der Waals surface area contributed by atoms with Gasteiger partial charge in [0.1, 0.15) is 0 Å². The number of unbranched alkanes of at least 4 members (excludes halogenated alkanes) is 4. The SMILES string of the molecule is CC(=O)OCCCCCCOCNC1CC=C(CCCC(C)CCCC=C(C)C)CC1. The second-order valence-electron chi connectivity index (χ2n) is 9.55. The van der Waals surface area contributed by atoms with E-state index in [0.29, 0.717) is 19.4 Å². The Morgan fingerprint density at radius 1 is 1.10 bits per heavy atom. The standard InChI is InChI=1S/C27H49NO3/c1-23(2)12-7-8-13-24(3)14-11-15-26-16-18-27(19-17-26)28-22-30-20-9-5-6-10-21-31-25(4)29/h12,16,24,27-28H,5-11,13-15,17-22H2,1-4H3. The van der Waals surface area contributed by atoms with Crippen molar-refractivity contribution in [3.05, 3.63) is 23.3 Å². The van der Waals surface area contributed by atoms with Crippen LogP contribution in [0.1, 0.15) is 111 Å². The number of ether oxygens (including phenoxy) is 2. The molecule has 0 fully saturated rings. The maximum absolute atomic E-state index is 10.7. The monoisotopic (exact) mass is 435 g/mol. The lowest BCUT2D eigenvalue weighted by Crippen LogP contribution is -2.32. The molecule has 2 atom stereocenters. The fraction of sp³-hybridized carbons (Fsp3) is 0.815. The molecule has 0 aliphatic heterocycles. The van der Waals surface area contributed by atoms with E-state index in [9.17, 15) is 4.79 Å². The van der Waals surface area contributed by atoms with E-state index in [1.54, 1.807) is 5.57 Å². The van der Waals surface area contributed by atoms with Gasteiger partial charge in [-0.1, -0.05) is 49.5 Å². The topological polar surface area (TPSA) is 47.6 Å². The van der Waals surface area contributed by atoms with Crippen molar-refractivity contribution in [2.45, 2.75) is 117 Å². The van der Waals surface area contributed by atoms with E-state index < -0.39 is 0 Å². The number of hydrogen-bond acceptors (Lipinski definition) is 4. The van der Waals surface area contributed by atoms with Gasteiger partial charge in [0.2, 0.25) is 0 Å². The summed E-state index contributed by atoms with van der Waals surface area (Å²) in [5.41, 5.74) is 3.12.